The zero-order valence-electron chi connectivity index (χ0n) is 15.6. The van der Waals surface area contributed by atoms with Crippen LogP contribution in [0.25, 0.3) is 0 Å². The number of ether oxygens (including phenoxy) is 1. The molecule has 0 aliphatic heterocycles. The predicted molar refractivity (Wildman–Crippen MR) is 114 cm³/mol. The molecule has 0 saturated heterocycles. The lowest BCUT2D eigenvalue weighted by Crippen LogP contribution is -2.66. The summed E-state index contributed by atoms with van der Waals surface area (Å²) in [5.41, 5.74) is 6.14. The number of carboxylic acid groups (broad SMARTS) is 1. The lowest BCUT2D eigenvalue weighted by molar-refractivity contribution is -0.144. The van der Waals surface area contributed by atoms with E-state index < -0.39 is 16.9 Å². The standard InChI is InChI=1S/C23H23NO3S/c1-27-20-14-12-19(13-15-20)23(17-8-4-2-5-9-17,18-10-6-3-7-11-18)22(24,16-28)21(25)26/h2-15,28H,16,24H2,1H3,(H,25,26)/t22-/m0/s1. The van der Waals surface area contributed by atoms with Crippen LogP contribution >= 0.6 is 12.6 Å². The van der Waals surface area contributed by atoms with Gasteiger partial charge in [-0.15, -0.1) is 0 Å². The highest BCUT2D eigenvalue weighted by atomic mass is 32.1. The van der Waals surface area contributed by atoms with Crippen LogP contribution < -0.4 is 10.5 Å². The van der Waals surface area contributed by atoms with E-state index in [-0.39, 0.29) is 5.75 Å². The van der Waals surface area contributed by atoms with Crippen molar-refractivity contribution >= 4 is 18.6 Å². The quantitative estimate of drug-likeness (QED) is 0.422. The van der Waals surface area contributed by atoms with E-state index in [4.69, 9.17) is 10.5 Å². The Balaban J connectivity index is 2.47. The lowest BCUT2D eigenvalue weighted by Gasteiger charge is -2.46. The van der Waals surface area contributed by atoms with Crippen molar-refractivity contribution in [2.75, 3.05) is 12.9 Å². The minimum Gasteiger partial charge on any atom is -0.497 e. The van der Waals surface area contributed by atoms with Crippen molar-refractivity contribution in [3.63, 3.8) is 0 Å². The minimum absolute atomic E-state index is 0.0574. The van der Waals surface area contributed by atoms with Gasteiger partial charge in [-0.05, 0) is 28.8 Å². The Morgan fingerprint density at radius 2 is 1.32 bits per heavy atom. The Labute approximate surface area is 170 Å². The first-order valence-electron chi connectivity index (χ1n) is 8.89. The lowest BCUT2D eigenvalue weighted by atomic mass is 9.58. The van der Waals surface area contributed by atoms with Crippen molar-refractivity contribution in [2.45, 2.75) is 11.0 Å². The number of hydrogen-bond donors (Lipinski definition) is 3. The third-order valence-corrected chi connectivity index (χ3v) is 5.74. The molecule has 1 atom stereocenters. The van der Waals surface area contributed by atoms with E-state index in [0.29, 0.717) is 5.75 Å². The Bertz CT molecular complexity index is 890. The van der Waals surface area contributed by atoms with Gasteiger partial charge in [0.25, 0.3) is 0 Å². The molecule has 4 nitrogen and oxygen atoms in total. The smallest absolute Gasteiger partial charge is 0.326 e. The first-order valence-corrected chi connectivity index (χ1v) is 9.52. The van der Waals surface area contributed by atoms with Crippen LogP contribution in [0, 0.1) is 0 Å². The van der Waals surface area contributed by atoms with Crippen LogP contribution in [0.3, 0.4) is 0 Å². The van der Waals surface area contributed by atoms with Crippen LogP contribution in [0.15, 0.2) is 84.9 Å². The molecule has 144 valence electrons. The second kappa shape index (κ2) is 8.09. The van der Waals surface area contributed by atoms with Crippen LogP contribution in [0.2, 0.25) is 0 Å². The number of thiol groups is 1. The first-order chi connectivity index (χ1) is 13.5. The van der Waals surface area contributed by atoms with Crippen LogP contribution in [-0.4, -0.2) is 29.5 Å². The molecule has 0 saturated carbocycles. The molecule has 0 aromatic heterocycles. The van der Waals surface area contributed by atoms with E-state index in [1.807, 2.05) is 84.9 Å². The summed E-state index contributed by atoms with van der Waals surface area (Å²) in [5.74, 6) is -0.494. The van der Waals surface area contributed by atoms with E-state index >= 15 is 0 Å². The summed E-state index contributed by atoms with van der Waals surface area (Å²) in [4.78, 5) is 12.5. The number of aliphatic carboxylic acids is 1. The van der Waals surface area contributed by atoms with Gasteiger partial charge in [-0.2, -0.15) is 12.6 Å². The summed E-state index contributed by atoms with van der Waals surface area (Å²) in [5, 5.41) is 10.3. The average molecular weight is 394 g/mol. The normalized spacial score (nSPS) is 13.5. The van der Waals surface area contributed by atoms with E-state index in [1.165, 1.54) is 0 Å². The molecule has 28 heavy (non-hydrogen) atoms. The van der Waals surface area contributed by atoms with Crippen LogP contribution in [-0.2, 0) is 10.2 Å². The monoisotopic (exact) mass is 393 g/mol. The number of hydrogen-bond acceptors (Lipinski definition) is 4. The molecule has 0 spiro atoms. The van der Waals surface area contributed by atoms with Gasteiger partial charge in [0.2, 0.25) is 0 Å². The number of carbonyl (C=O) groups is 1. The Morgan fingerprint density at radius 1 is 0.893 bits per heavy atom. The zero-order chi connectivity index (χ0) is 20.2. The summed E-state index contributed by atoms with van der Waals surface area (Å²) in [6.07, 6.45) is 0. The molecule has 3 aromatic rings. The summed E-state index contributed by atoms with van der Waals surface area (Å²) in [7, 11) is 1.59. The molecule has 3 N–H and O–H groups in total. The fourth-order valence-corrected chi connectivity index (χ4v) is 4.21. The third-order valence-electron chi connectivity index (χ3n) is 5.24. The van der Waals surface area contributed by atoms with Gasteiger partial charge in [-0.3, -0.25) is 4.79 Å². The molecule has 3 aromatic carbocycles. The Kier molecular flexibility index (Phi) is 5.77. The third kappa shape index (κ3) is 3.07. The van der Waals surface area contributed by atoms with Crippen molar-refractivity contribution in [3.8, 4) is 5.75 Å². The molecule has 0 aliphatic carbocycles. The molecule has 0 bridgehead atoms. The molecule has 0 amide bonds. The summed E-state index contributed by atoms with van der Waals surface area (Å²) >= 11 is 4.39. The predicted octanol–water partition coefficient (Wildman–Crippen LogP) is 3.74. The van der Waals surface area contributed by atoms with Gasteiger partial charge in [-0.25, -0.2) is 0 Å². The van der Waals surface area contributed by atoms with Crippen molar-refractivity contribution in [1.29, 1.82) is 0 Å². The van der Waals surface area contributed by atoms with E-state index in [9.17, 15) is 9.90 Å². The zero-order valence-corrected chi connectivity index (χ0v) is 16.5. The van der Waals surface area contributed by atoms with Gasteiger partial charge >= 0.3 is 5.97 Å². The highest BCUT2D eigenvalue weighted by Gasteiger charge is 2.56. The van der Waals surface area contributed by atoms with E-state index in [0.717, 1.165) is 16.7 Å². The molecule has 3 rings (SSSR count). The molecule has 0 radical (unpaired) electrons. The average Bonchev–Trinajstić information content (AvgIpc) is 2.76. The molecule has 0 heterocycles. The van der Waals surface area contributed by atoms with Crippen LogP contribution in [0.5, 0.6) is 5.75 Å². The number of rotatable bonds is 7. The molecular formula is C23H23NO3S. The minimum atomic E-state index is -1.70. The molecule has 0 aliphatic rings. The topological polar surface area (TPSA) is 72.5 Å². The molecule has 5 heteroatoms. The van der Waals surface area contributed by atoms with E-state index in [2.05, 4.69) is 12.6 Å². The summed E-state index contributed by atoms with van der Waals surface area (Å²) < 4.78 is 5.29. The number of methoxy groups -OCH3 is 1. The van der Waals surface area contributed by atoms with Crippen molar-refractivity contribution in [1.82, 2.24) is 0 Å². The van der Waals surface area contributed by atoms with Gasteiger partial charge in [0.05, 0.1) is 12.5 Å². The van der Waals surface area contributed by atoms with Gasteiger partial charge in [0, 0.05) is 5.75 Å². The molecule has 0 fully saturated rings. The Hall–Kier alpha value is -2.76. The Morgan fingerprint density at radius 3 is 1.68 bits per heavy atom. The summed E-state index contributed by atoms with van der Waals surface area (Å²) in [6, 6.07) is 26.3. The van der Waals surface area contributed by atoms with Crippen LogP contribution in [0.1, 0.15) is 16.7 Å². The van der Waals surface area contributed by atoms with Gasteiger partial charge < -0.3 is 15.6 Å². The SMILES string of the molecule is COc1ccc(C(c2ccccc2)(c2ccccc2)[C@](N)(CS)C(=O)O)cc1. The molecule has 0 unspecified atom stereocenters. The van der Waals surface area contributed by atoms with Crippen molar-refractivity contribution < 1.29 is 14.6 Å². The fraction of sp³-hybridized carbons (Fsp3) is 0.174. The highest BCUT2D eigenvalue weighted by molar-refractivity contribution is 7.80. The second-order valence-corrected chi connectivity index (χ2v) is 6.96. The maximum Gasteiger partial charge on any atom is 0.326 e. The number of nitrogens with two attached hydrogens (primary N) is 1. The highest BCUT2D eigenvalue weighted by Crippen LogP contribution is 2.47. The molecular weight excluding hydrogens is 370 g/mol. The summed E-state index contributed by atoms with van der Waals surface area (Å²) in [6.45, 7) is 0. The van der Waals surface area contributed by atoms with E-state index in [1.54, 1.807) is 7.11 Å². The number of carboxylic acids is 1. The number of benzene rings is 3. The van der Waals surface area contributed by atoms with Gasteiger partial charge in [0.1, 0.15) is 11.3 Å². The first kappa shape index (κ1) is 20.0. The van der Waals surface area contributed by atoms with Crippen LogP contribution in [0.4, 0.5) is 0 Å². The van der Waals surface area contributed by atoms with Gasteiger partial charge in [-0.1, -0.05) is 72.8 Å². The van der Waals surface area contributed by atoms with Gasteiger partial charge in [0.15, 0.2) is 0 Å². The fourth-order valence-electron chi connectivity index (χ4n) is 3.84. The maximum atomic E-state index is 12.5. The largest absolute Gasteiger partial charge is 0.497 e. The van der Waals surface area contributed by atoms with Crippen molar-refractivity contribution in [2.24, 2.45) is 5.73 Å². The van der Waals surface area contributed by atoms with Crippen molar-refractivity contribution in [3.05, 3.63) is 102 Å². The second-order valence-electron chi connectivity index (χ2n) is 6.65. The maximum absolute atomic E-state index is 12.5.